The molecule has 0 aliphatic carbocycles. The van der Waals surface area contributed by atoms with E-state index in [1.807, 2.05) is 12.1 Å². The lowest BCUT2D eigenvalue weighted by atomic mass is 10.2. The van der Waals surface area contributed by atoms with E-state index < -0.39 is 9.84 Å². The van der Waals surface area contributed by atoms with Crippen LogP contribution in [0.1, 0.15) is 5.56 Å². The predicted molar refractivity (Wildman–Crippen MR) is 91.0 cm³/mol. The molecule has 0 radical (unpaired) electrons. The van der Waals surface area contributed by atoms with Crippen LogP contribution in [0.5, 0.6) is 0 Å². The van der Waals surface area contributed by atoms with Gasteiger partial charge in [0.15, 0.2) is 9.84 Å². The summed E-state index contributed by atoms with van der Waals surface area (Å²) in [5.74, 6) is 0. The van der Waals surface area contributed by atoms with Gasteiger partial charge in [0.05, 0.1) is 15.6 Å². The monoisotopic (exact) mass is 407 g/mol. The third kappa shape index (κ3) is 4.13. The SMILES string of the molecule is CS(=O)(=O)c1cccc(Cl)c1CNc1ccc(Br)cc1Cl. The largest absolute Gasteiger partial charge is 0.380 e. The third-order valence-corrected chi connectivity index (χ3v) is 5.20. The molecule has 0 aliphatic heterocycles. The summed E-state index contributed by atoms with van der Waals surface area (Å²) in [6, 6.07) is 10.2. The third-order valence-electron chi connectivity index (χ3n) is 2.86. The fraction of sp³-hybridized carbons (Fsp3) is 0.143. The molecule has 2 aromatic carbocycles. The van der Waals surface area contributed by atoms with Gasteiger partial charge in [-0.3, -0.25) is 0 Å². The van der Waals surface area contributed by atoms with Gasteiger partial charge in [-0.2, -0.15) is 0 Å². The minimum atomic E-state index is -3.34. The molecule has 2 rings (SSSR count). The van der Waals surface area contributed by atoms with Crippen molar-refractivity contribution in [2.75, 3.05) is 11.6 Å². The first-order valence-corrected chi connectivity index (χ1v) is 9.39. The quantitative estimate of drug-likeness (QED) is 0.792. The topological polar surface area (TPSA) is 46.2 Å². The fourth-order valence-electron chi connectivity index (χ4n) is 1.87. The molecule has 3 nitrogen and oxygen atoms in total. The van der Waals surface area contributed by atoms with Crippen molar-refractivity contribution in [3.05, 3.63) is 56.5 Å². The van der Waals surface area contributed by atoms with E-state index in [0.717, 1.165) is 10.7 Å². The van der Waals surface area contributed by atoms with E-state index in [-0.39, 0.29) is 11.4 Å². The molecular formula is C14H12BrCl2NO2S. The molecule has 0 amide bonds. The van der Waals surface area contributed by atoms with Crippen molar-refractivity contribution in [3.63, 3.8) is 0 Å². The molecule has 0 spiro atoms. The van der Waals surface area contributed by atoms with E-state index in [2.05, 4.69) is 21.2 Å². The molecule has 0 aromatic heterocycles. The molecule has 0 fully saturated rings. The molecule has 0 atom stereocenters. The molecule has 21 heavy (non-hydrogen) atoms. The van der Waals surface area contributed by atoms with Crippen LogP contribution in [0.2, 0.25) is 10.0 Å². The highest BCUT2D eigenvalue weighted by molar-refractivity contribution is 9.10. The normalized spacial score (nSPS) is 11.4. The Morgan fingerprint density at radius 2 is 1.86 bits per heavy atom. The van der Waals surface area contributed by atoms with E-state index in [4.69, 9.17) is 23.2 Å². The second-order valence-electron chi connectivity index (χ2n) is 4.47. The number of hydrogen-bond acceptors (Lipinski definition) is 3. The van der Waals surface area contributed by atoms with Crippen LogP contribution in [0.3, 0.4) is 0 Å². The summed E-state index contributed by atoms with van der Waals surface area (Å²) in [4.78, 5) is 0.218. The van der Waals surface area contributed by atoms with Crippen LogP contribution >= 0.6 is 39.1 Å². The van der Waals surface area contributed by atoms with Gasteiger partial charge in [0.1, 0.15) is 0 Å². The Bertz CT molecular complexity index is 779. The first kappa shape index (κ1) is 16.6. The van der Waals surface area contributed by atoms with Gasteiger partial charge < -0.3 is 5.32 Å². The lowest BCUT2D eigenvalue weighted by Crippen LogP contribution is -2.08. The average molecular weight is 409 g/mol. The Morgan fingerprint density at radius 1 is 1.14 bits per heavy atom. The zero-order valence-corrected chi connectivity index (χ0v) is 14.9. The smallest absolute Gasteiger partial charge is 0.175 e. The van der Waals surface area contributed by atoms with Gasteiger partial charge in [-0.1, -0.05) is 45.2 Å². The van der Waals surface area contributed by atoms with Crippen molar-refractivity contribution in [3.8, 4) is 0 Å². The summed E-state index contributed by atoms with van der Waals surface area (Å²) < 4.78 is 24.5. The van der Waals surface area contributed by atoms with Gasteiger partial charge in [-0.05, 0) is 30.3 Å². The van der Waals surface area contributed by atoms with Crippen molar-refractivity contribution in [2.24, 2.45) is 0 Å². The summed E-state index contributed by atoms with van der Waals surface area (Å²) in [6.45, 7) is 0.267. The van der Waals surface area contributed by atoms with Gasteiger partial charge in [0.25, 0.3) is 0 Å². The maximum Gasteiger partial charge on any atom is 0.175 e. The number of nitrogens with one attached hydrogen (secondary N) is 1. The molecule has 7 heteroatoms. The van der Waals surface area contributed by atoms with Crippen LogP contribution < -0.4 is 5.32 Å². The summed E-state index contributed by atoms with van der Waals surface area (Å²) in [5, 5.41) is 4.05. The van der Waals surface area contributed by atoms with Gasteiger partial charge >= 0.3 is 0 Å². The number of anilines is 1. The second kappa shape index (κ2) is 6.57. The zero-order chi connectivity index (χ0) is 15.6. The van der Waals surface area contributed by atoms with Crippen LogP contribution in [0, 0.1) is 0 Å². The fourth-order valence-corrected chi connectivity index (χ4v) is 3.87. The highest BCUT2D eigenvalue weighted by Crippen LogP contribution is 2.29. The Morgan fingerprint density at radius 3 is 2.48 bits per heavy atom. The van der Waals surface area contributed by atoms with E-state index in [9.17, 15) is 8.42 Å². The number of sulfone groups is 1. The number of benzene rings is 2. The summed E-state index contributed by atoms with van der Waals surface area (Å²) in [5.41, 5.74) is 1.24. The minimum absolute atomic E-state index is 0.218. The van der Waals surface area contributed by atoms with Crippen molar-refractivity contribution in [2.45, 2.75) is 11.4 Å². The van der Waals surface area contributed by atoms with Gasteiger partial charge in [-0.25, -0.2) is 8.42 Å². The van der Waals surface area contributed by atoms with E-state index in [0.29, 0.717) is 21.3 Å². The molecule has 0 bridgehead atoms. The lowest BCUT2D eigenvalue weighted by Gasteiger charge is -2.13. The Kier molecular flexibility index (Phi) is 5.20. The van der Waals surface area contributed by atoms with Crippen LogP contribution in [-0.2, 0) is 16.4 Å². The molecule has 0 aliphatic rings. The summed E-state index contributed by atoms with van der Waals surface area (Å²) >= 11 is 15.6. The lowest BCUT2D eigenvalue weighted by molar-refractivity contribution is 0.601. The average Bonchev–Trinajstić information content (AvgIpc) is 2.37. The van der Waals surface area contributed by atoms with Gasteiger partial charge in [0.2, 0.25) is 0 Å². The Balaban J connectivity index is 2.32. The van der Waals surface area contributed by atoms with E-state index in [1.165, 1.54) is 0 Å². The first-order valence-electron chi connectivity index (χ1n) is 5.95. The maximum atomic E-state index is 11.8. The van der Waals surface area contributed by atoms with Crippen LogP contribution in [0.25, 0.3) is 0 Å². The summed E-state index contributed by atoms with van der Waals surface area (Å²) in [6.07, 6.45) is 1.16. The Hall–Kier alpha value is -0.750. The predicted octanol–water partition coefficient (Wildman–Crippen LogP) is 4.77. The van der Waals surface area contributed by atoms with Crippen molar-refractivity contribution in [1.82, 2.24) is 0 Å². The highest BCUT2D eigenvalue weighted by atomic mass is 79.9. The number of halogens is 3. The molecule has 0 unspecified atom stereocenters. The highest BCUT2D eigenvalue weighted by Gasteiger charge is 2.15. The molecule has 1 N–H and O–H groups in total. The number of hydrogen-bond donors (Lipinski definition) is 1. The van der Waals surface area contributed by atoms with Crippen LogP contribution in [0.4, 0.5) is 5.69 Å². The minimum Gasteiger partial charge on any atom is -0.380 e. The molecule has 112 valence electrons. The van der Waals surface area contributed by atoms with Gasteiger partial charge in [0, 0.05) is 27.9 Å². The molecule has 0 saturated heterocycles. The van der Waals surface area contributed by atoms with E-state index >= 15 is 0 Å². The van der Waals surface area contributed by atoms with Crippen LogP contribution in [-0.4, -0.2) is 14.7 Å². The zero-order valence-electron chi connectivity index (χ0n) is 11.0. The van der Waals surface area contributed by atoms with Crippen molar-refractivity contribution < 1.29 is 8.42 Å². The van der Waals surface area contributed by atoms with Crippen molar-refractivity contribution >= 4 is 54.7 Å². The summed E-state index contributed by atoms with van der Waals surface area (Å²) in [7, 11) is -3.34. The molecule has 0 heterocycles. The second-order valence-corrected chi connectivity index (χ2v) is 8.18. The van der Waals surface area contributed by atoms with Gasteiger partial charge in [-0.15, -0.1) is 0 Å². The number of rotatable bonds is 4. The van der Waals surface area contributed by atoms with Crippen LogP contribution in [0.15, 0.2) is 45.8 Å². The molecular weight excluding hydrogens is 397 g/mol. The Labute approximate surface area is 142 Å². The molecule has 0 saturated carbocycles. The molecule has 2 aromatic rings. The standard InChI is InChI=1S/C14H12BrCl2NO2S/c1-21(19,20)14-4-2-3-11(16)10(14)8-18-13-6-5-9(15)7-12(13)17/h2-7,18H,8H2,1H3. The first-order chi connectivity index (χ1) is 9.79. The van der Waals surface area contributed by atoms with Crippen molar-refractivity contribution in [1.29, 1.82) is 0 Å². The maximum absolute atomic E-state index is 11.8. The van der Waals surface area contributed by atoms with E-state index in [1.54, 1.807) is 24.3 Å².